The lowest BCUT2D eigenvalue weighted by molar-refractivity contribution is 0.0697. The fourth-order valence-corrected chi connectivity index (χ4v) is 3.34. The third kappa shape index (κ3) is 3.24. The highest BCUT2D eigenvalue weighted by Crippen LogP contribution is 2.29. The molecule has 1 saturated heterocycles. The topological polar surface area (TPSA) is 140 Å². The van der Waals surface area contributed by atoms with Crippen molar-refractivity contribution in [3.63, 3.8) is 0 Å². The third-order valence-corrected chi connectivity index (χ3v) is 4.81. The number of aromatic amines is 1. The van der Waals surface area contributed by atoms with Gasteiger partial charge in [-0.25, -0.2) is 4.79 Å². The zero-order chi connectivity index (χ0) is 19.0. The SMILES string of the molecule is O=C(O)c1cc(Nc2nc(N3CCC[C@@H]3CO)nc3n[nH]nc23)ccc1Cl. The minimum Gasteiger partial charge on any atom is -0.478 e. The summed E-state index contributed by atoms with van der Waals surface area (Å²) in [5.74, 6) is -0.310. The summed E-state index contributed by atoms with van der Waals surface area (Å²) in [7, 11) is 0. The quantitative estimate of drug-likeness (QED) is 0.514. The molecule has 0 amide bonds. The first-order valence-electron chi connectivity index (χ1n) is 8.32. The van der Waals surface area contributed by atoms with Crippen molar-refractivity contribution in [1.29, 1.82) is 0 Å². The van der Waals surface area contributed by atoms with E-state index in [2.05, 4.69) is 30.7 Å². The van der Waals surface area contributed by atoms with Crippen LogP contribution in [0.1, 0.15) is 23.2 Å². The number of aliphatic hydroxyl groups is 1. The van der Waals surface area contributed by atoms with E-state index in [1.54, 1.807) is 6.07 Å². The van der Waals surface area contributed by atoms with Crippen LogP contribution in [-0.2, 0) is 0 Å². The predicted molar refractivity (Wildman–Crippen MR) is 98.6 cm³/mol. The average molecular weight is 390 g/mol. The Morgan fingerprint density at radius 1 is 1.37 bits per heavy atom. The van der Waals surface area contributed by atoms with Gasteiger partial charge in [-0.15, -0.1) is 5.10 Å². The summed E-state index contributed by atoms with van der Waals surface area (Å²) >= 11 is 5.92. The van der Waals surface area contributed by atoms with Crippen molar-refractivity contribution in [2.45, 2.75) is 18.9 Å². The lowest BCUT2D eigenvalue weighted by atomic mass is 10.2. The second-order valence-corrected chi connectivity index (χ2v) is 6.57. The van der Waals surface area contributed by atoms with Gasteiger partial charge in [-0.1, -0.05) is 11.6 Å². The van der Waals surface area contributed by atoms with Gasteiger partial charge in [0.2, 0.25) is 11.6 Å². The van der Waals surface area contributed by atoms with Crippen LogP contribution in [0.4, 0.5) is 17.5 Å². The molecule has 4 N–H and O–H groups in total. The van der Waals surface area contributed by atoms with Gasteiger partial charge in [-0.05, 0) is 31.0 Å². The second kappa shape index (κ2) is 6.97. The molecule has 4 rings (SSSR count). The van der Waals surface area contributed by atoms with E-state index in [0.717, 1.165) is 19.4 Å². The third-order valence-electron chi connectivity index (χ3n) is 4.48. The number of carboxylic acids is 1. The summed E-state index contributed by atoms with van der Waals surface area (Å²) in [5, 5.41) is 32.6. The Kier molecular flexibility index (Phi) is 4.50. The Balaban J connectivity index is 1.74. The highest BCUT2D eigenvalue weighted by molar-refractivity contribution is 6.33. The number of halogens is 1. The van der Waals surface area contributed by atoms with Crippen LogP contribution in [0, 0.1) is 0 Å². The van der Waals surface area contributed by atoms with Crippen LogP contribution in [-0.4, -0.2) is 60.8 Å². The largest absolute Gasteiger partial charge is 0.478 e. The first-order chi connectivity index (χ1) is 13.1. The number of aliphatic hydroxyl groups excluding tert-OH is 1. The van der Waals surface area contributed by atoms with Gasteiger partial charge in [0.1, 0.15) is 0 Å². The van der Waals surface area contributed by atoms with Crippen molar-refractivity contribution in [2.24, 2.45) is 0 Å². The van der Waals surface area contributed by atoms with E-state index in [-0.39, 0.29) is 23.2 Å². The summed E-state index contributed by atoms with van der Waals surface area (Å²) in [4.78, 5) is 22.2. The van der Waals surface area contributed by atoms with Crippen LogP contribution in [0.15, 0.2) is 18.2 Å². The zero-order valence-electron chi connectivity index (χ0n) is 14.1. The van der Waals surface area contributed by atoms with E-state index >= 15 is 0 Å². The number of nitrogens with one attached hydrogen (secondary N) is 2. The Morgan fingerprint density at radius 3 is 3.00 bits per heavy atom. The predicted octanol–water partition coefficient (Wildman–Crippen LogP) is 1.80. The first-order valence-corrected chi connectivity index (χ1v) is 8.70. The van der Waals surface area contributed by atoms with Crippen molar-refractivity contribution >= 4 is 46.2 Å². The van der Waals surface area contributed by atoms with Gasteiger partial charge in [0, 0.05) is 12.2 Å². The molecule has 140 valence electrons. The van der Waals surface area contributed by atoms with Crippen LogP contribution in [0.3, 0.4) is 0 Å². The highest BCUT2D eigenvalue weighted by Gasteiger charge is 2.27. The zero-order valence-corrected chi connectivity index (χ0v) is 14.8. The minimum absolute atomic E-state index is 0.0160. The fourth-order valence-electron chi connectivity index (χ4n) is 3.14. The monoisotopic (exact) mass is 389 g/mol. The normalized spacial score (nSPS) is 16.8. The van der Waals surface area contributed by atoms with E-state index in [1.807, 2.05) is 4.90 Å². The number of nitrogens with zero attached hydrogens (tertiary/aromatic N) is 5. The molecule has 2 aromatic heterocycles. The molecule has 10 nitrogen and oxygen atoms in total. The number of carboxylic acid groups (broad SMARTS) is 1. The van der Waals surface area contributed by atoms with E-state index in [9.17, 15) is 15.0 Å². The van der Waals surface area contributed by atoms with Crippen LogP contribution in [0.2, 0.25) is 5.02 Å². The number of rotatable bonds is 5. The van der Waals surface area contributed by atoms with Crippen LogP contribution < -0.4 is 10.2 Å². The molecule has 3 heterocycles. The van der Waals surface area contributed by atoms with Crippen LogP contribution in [0.25, 0.3) is 11.2 Å². The Morgan fingerprint density at radius 2 is 2.22 bits per heavy atom. The van der Waals surface area contributed by atoms with Gasteiger partial charge in [0.05, 0.1) is 23.2 Å². The van der Waals surface area contributed by atoms with Gasteiger partial charge in [-0.2, -0.15) is 20.3 Å². The highest BCUT2D eigenvalue weighted by atomic mass is 35.5. The van der Waals surface area contributed by atoms with E-state index in [1.165, 1.54) is 12.1 Å². The molecular formula is C16H16ClN7O3. The van der Waals surface area contributed by atoms with E-state index in [4.69, 9.17) is 11.6 Å². The Bertz CT molecular complexity index is 1010. The Labute approximate surface area is 158 Å². The van der Waals surface area contributed by atoms with Gasteiger partial charge in [0.15, 0.2) is 11.3 Å². The standard InChI is InChI=1S/C16H16ClN7O3/c17-11-4-3-8(6-10(11)15(26)27)18-13-12-14(22-23-21-12)20-16(19-13)24-5-1-2-9(24)7-25/h3-4,6,9,25H,1-2,5,7H2,(H,26,27)(H2,18,19,20,21,22,23)/t9-/m1/s1. The van der Waals surface area contributed by atoms with Gasteiger partial charge in [0.25, 0.3) is 0 Å². The second-order valence-electron chi connectivity index (χ2n) is 6.16. The number of benzene rings is 1. The summed E-state index contributed by atoms with van der Waals surface area (Å²) < 4.78 is 0. The molecule has 3 aromatic rings. The maximum atomic E-state index is 11.3. The number of aromatic nitrogens is 5. The smallest absolute Gasteiger partial charge is 0.337 e. The number of hydrogen-bond acceptors (Lipinski definition) is 8. The molecule has 0 unspecified atom stereocenters. The van der Waals surface area contributed by atoms with Crippen molar-refractivity contribution in [1.82, 2.24) is 25.4 Å². The van der Waals surface area contributed by atoms with Crippen molar-refractivity contribution in [3.05, 3.63) is 28.8 Å². The molecule has 1 aliphatic rings. The van der Waals surface area contributed by atoms with Crippen molar-refractivity contribution in [3.8, 4) is 0 Å². The molecule has 0 radical (unpaired) electrons. The fraction of sp³-hybridized carbons (Fsp3) is 0.312. The van der Waals surface area contributed by atoms with Gasteiger partial charge >= 0.3 is 5.97 Å². The number of anilines is 3. The number of aromatic carboxylic acids is 1. The van der Waals surface area contributed by atoms with Crippen molar-refractivity contribution in [2.75, 3.05) is 23.4 Å². The van der Waals surface area contributed by atoms with Crippen molar-refractivity contribution < 1.29 is 15.0 Å². The minimum atomic E-state index is -1.12. The molecule has 1 aromatic carbocycles. The summed E-state index contributed by atoms with van der Waals surface area (Å²) in [6.07, 6.45) is 1.80. The molecule has 0 bridgehead atoms. The summed E-state index contributed by atoms with van der Waals surface area (Å²) in [6, 6.07) is 4.52. The molecule has 1 fully saturated rings. The number of carbonyl (C=O) groups is 1. The summed E-state index contributed by atoms with van der Waals surface area (Å²) in [6.45, 7) is 0.750. The summed E-state index contributed by atoms with van der Waals surface area (Å²) in [5.41, 5.74) is 1.27. The van der Waals surface area contributed by atoms with E-state index < -0.39 is 5.97 Å². The van der Waals surface area contributed by atoms with Crippen LogP contribution in [0.5, 0.6) is 0 Å². The first kappa shape index (κ1) is 17.4. The van der Waals surface area contributed by atoms with E-state index in [0.29, 0.717) is 28.6 Å². The molecule has 1 aliphatic heterocycles. The maximum absolute atomic E-state index is 11.3. The molecule has 1 atom stereocenters. The molecule has 27 heavy (non-hydrogen) atoms. The maximum Gasteiger partial charge on any atom is 0.337 e. The molecule has 0 saturated carbocycles. The average Bonchev–Trinajstić information content (AvgIpc) is 3.31. The Hall–Kier alpha value is -2.98. The molecule has 0 aliphatic carbocycles. The van der Waals surface area contributed by atoms with Crippen LogP contribution >= 0.6 is 11.6 Å². The molecule has 0 spiro atoms. The lowest BCUT2D eigenvalue weighted by Crippen LogP contribution is -2.33. The van der Waals surface area contributed by atoms with Gasteiger partial charge in [-0.3, -0.25) is 0 Å². The molecule has 11 heteroatoms. The van der Waals surface area contributed by atoms with Gasteiger partial charge < -0.3 is 20.4 Å². The lowest BCUT2D eigenvalue weighted by Gasteiger charge is -2.23. The number of hydrogen-bond donors (Lipinski definition) is 4. The number of fused-ring (bicyclic) bond motifs is 1. The number of H-pyrrole nitrogens is 1. The molecular weight excluding hydrogens is 374 g/mol.